The van der Waals surface area contributed by atoms with Crippen molar-refractivity contribution in [3.05, 3.63) is 0 Å². The van der Waals surface area contributed by atoms with E-state index in [1.54, 1.807) is 0 Å². The van der Waals surface area contributed by atoms with Crippen molar-refractivity contribution in [1.29, 1.82) is 0 Å². The van der Waals surface area contributed by atoms with E-state index in [2.05, 4.69) is 10.00 Å². The standard InChI is InChI=1S/C8H17O.C4H4F5.O.Sn/c1-2-3-4-5-6-7-8-9;5-3(6)1-2-4(7,8)9;;/h2-8H2,1H3;1-2H2;;/q-1;;;+1. The van der Waals surface area contributed by atoms with Crippen molar-refractivity contribution in [3.8, 4) is 0 Å². The second kappa shape index (κ2) is 10.0. The van der Waals surface area contributed by atoms with Gasteiger partial charge in [0.1, 0.15) is 0 Å². The Kier molecular flexibility index (Phi) is 10.1. The van der Waals surface area contributed by atoms with Gasteiger partial charge in [0.05, 0.1) is 0 Å². The van der Waals surface area contributed by atoms with Crippen molar-refractivity contribution in [2.75, 3.05) is 6.61 Å². The molecule has 0 amide bonds. The Balaban J connectivity index is 3.78. The topological polar surface area (TPSA) is 26.3 Å². The second-order valence-electron chi connectivity index (χ2n) is 4.72. The van der Waals surface area contributed by atoms with Gasteiger partial charge in [-0.2, -0.15) is 0 Å². The molecule has 20 heavy (non-hydrogen) atoms. The summed E-state index contributed by atoms with van der Waals surface area (Å²) in [6.07, 6.45) is -2.19. The van der Waals surface area contributed by atoms with Gasteiger partial charge in [0, 0.05) is 0 Å². The molecule has 0 bridgehead atoms. The number of alkyl halides is 5. The summed E-state index contributed by atoms with van der Waals surface area (Å²) < 4.78 is 74.0. The number of unbranched alkanes of at least 4 members (excludes halogenated alkanes) is 5. The van der Waals surface area contributed by atoms with Gasteiger partial charge in [0.25, 0.3) is 0 Å². The molecule has 2 nitrogen and oxygen atoms in total. The Bertz CT molecular complexity index is 282. The molecule has 120 valence electrons. The van der Waals surface area contributed by atoms with E-state index in [0.29, 0.717) is 6.42 Å². The number of hydrogen-bond donors (Lipinski definition) is 0. The molecule has 0 saturated heterocycles. The van der Waals surface area contributed by atoms with Crippen LogP contribution in [0.5, 0.6) is 0 Å². The molecule has 0 aliphatic rings. The van der Waals surface area contributed by atoms with Crippen molar-refractivity contribution in [2.24, 2.45) is 0 Å². The molecule has 0 unspecified atom stereocenters. The Morgan fingerprint density at radius 3 is 2.00 bits per heavy atom. The molecular formula is C12H21F5O2Sn. The molecule has 0 atom stereocenters. The minimum atomic E-state index is -4.74. The summed E-state index contributed by atoms with van der Waals surface area (Å²) in [6, 6.07) is 0. The van der Waals surface area contributed by atoms with Gasteiger partial charge in [0.15, 0.2) is 0 Å². The van der Waals surface area contributed by atoms with E-state index in [1.807, 2.05) is 0 Å². The van der Waals surface area contributed by atoms with Crippen LogP contribution in [0.25, 0.3) is 0 Å². The molecule has 0 aromatic rings. The molecule has 0 saturated carbocycles. The zero-order valence-electron chi connectivity index (χ0n) is 11.6. The van der Waals surface area contributed by atoms with Gasteiger partial charge >= 0.3 is 123 Å². The number of rotatable bonds is 11. The average Bonchev–Trinajstić information content (AvgIpc) is 2.34. The van der Waals surface area contributed by atoms with Gasteiger partial charge < -0.3 is 0 Å². The van der Waals surface area contributed by atoms with E-state index in [1.165, 1.54) is 0 Å². The molecule has 0 fully saturated rings. The predicted molar refractivity (Wildman–Crippen MR) is 66.0 cm³/mol. The first kappa shape index (κ1) is 20.2. The van der Waals surface area contributed by atoms with Gasteiger partial charge in [-0.3, -0.25) is 0 Å². The van der Waals surface area contributed by atoms with Crippen LogP contribution < -0.4 is 0 Å². The first-order valence-electron chi connectivity index (χ1n) is 6.81. The maximum absolute atomic E-state index is 13.2. The molecule has 0 radical (unpaired) electrons. The van der Waals surface area contributed by atoms with Crippen LogP contribution in [0, 0.1) is 0 Å². The van der Waals surface area contributed by atoms with Crippen LogP contribution in [-0.4, -0.2) is 36.9 Å². The Hall–Kier alpha value is 0.209. The monoisotopic (exact) mass is 412 g/mol. The molecule has 0 heterocycles. The van der Waals surface area contributed by atoms with Crippen LogP contribution in [-0.2, 0) is 6.15 Å². The third-order valence-electron chi connectivity index (χ3n) is 2.75. The summed E-state index contributed by atoms with van der Waals surface area (Å²) in [5.74, 6) is 0. The van der Waals surface area contributed by atoms with Gasteiger partial charge in [-0.15, -0.1) is 0 Å². The Labute approximate surface area is 123 Å². The summed E-state index contributed by atoms with van der Waals surface area (Å²) in [5.41, 5.74) is 0. The fourth-order valence-electron chi connectivity index (χ4n) is 1.55. The van der Waals surface area contributed by atoms with Crippen molar-refractivity contribution in [1.82, 2.24) is 0 Å². The fourth-order valence-corrected chi connectivity index (χ4v) is 4.04. The van der Waals surface area contributed by atoms with Gasteiger partial charge in [-0.05, 0) is 0 Å². The third-order valence-corrected chi connectivity index (χ3v) is 6.50. The Morgan fingerprint density at radius 2 is 1.45 bits per heavy atom. The molecule has 0 N–H and O–H groups in total. The second-order valence-corrected chi connectivity index (χ2v) is 9.28. The van der Waals surface area contributed by atoms with Crippen molar-refractivity contribution in [2.45, 2.75) is 68.4 Å². The molecule has 0 rings (SSSR count). The third kappa shape index (κ3) is 10.9. The fraction of sp³-hybridized carbons (Fsp3) is 1.00. The molecule has 0 spiro atoms. The van der Waals surface area contributed by atoms with E-state index in [-0.39, 0.29) is 6.61 Å². The van der Waals surface area contributed by atoms with Crippen LogP contribution in [0.3, 0.4) is 0 Å². The summed E-state index contributed by atoms with van der Waals surface area (Å²) in [6.45, 7) is 2.02. The van der Waals surface area contributed by atoms with Crippen LogP contribution in [0.1, 0.15) is 58.3 Å². The zero-order chi connectivity index (χ0) is 15.6. The van der Waals surface area contributed by atoms with Crippen LogP contribution in [0.2, 0.25) is 0 Å². The summed E-state index contributed by atoms with van der Waals surface area (Å²) in [4.78, 5) is 0. The number of hydrogen-bond acceptors (Lipinski definition) is 2. The minimum absolute atomic E-state index is 0.0496. The Morgan fingerprint density at radius 1 is 0.900 bits per heavy atom. The van der Waals surface area contributed by atoms with E-state index in [0.717, 1.165) is 32.1 Å². The molecule has 0 aromatic carbocycles. The SMILES string of the molecule is CCCCCCCC[O][Sn](=[O])[C](F)(F)CCC(F)(F)F. The molecule has 0 aliphatic carbocycles. The van der Waals surface area contributed by atoms with Gasteiger partial charge in [-0.1, -0.05) is 0 Å². The average molecular weight is 411 g/mol. The molecule has 0 aromatic heterocycles. The van der Waals surface area contributed by atoms with E-state index in [4.69, 9.17) is 0 Å². The molecule has 8 heteroatoms. The quantitative estimate of drug-likeness (QED) is 0.278. The number of halogens is 5. The van der Waals surface area contributed by atoms with Gasteiger partial charge in [-0.25, -0.2) is 0 Å². The molecule has 0 aliphatic heterocycles. The van der Waals surface area contributed by atoms with Crippen LogP contribution >= 0.6 is 0 Å². The van der Waals surface area contributed by atoms with Crippen LogP contribution in [0.4, 0.5) is 22.0 Å². The van der Waals surface area contributed by atoms with Crippen molar-refractivity contribution in [3.63, 3.8) is 0 Å². The van der Waals surface area contributed by atoms with E-state index >= 15 is 0 Å². The van der Waals surface area contributed by atoms with E-state index < -0.39 is 43.1 Å². The summed E-state index contributed by atoms with van der Waals surface area (Å²) >= 11 is -4.74. The van der Waals surface area contributed by atoms with Crippen molar-refractivity contribution >= 4 is 20.2 Å². The summed E-state index contributed by atoms with van der Waals surface area (Å²) in [7, 11) is 0. The first-order chi connectivity index (χ1) is 9.19. The first-order valence-corrected chi connectivity index (χ1v) is 10.6. The van der Waals surface area contributed by atoms with E-state index in [9.17, 15) is 25.0 Å². The molecular weight excluding hydrogens is 390 g/mol. The zero-order valence-corrected chi connectivity index (χ0v) is 14.4. The normalized spacial score (nSPS) is 12.7. The van der Waals surface area contributed by atoms with Crippen molar-refractivity contribution < 1.29 is 28.1 Å². The maximum atomic E-state index is 13.2. The predicted octanol–water partition coefficient (Wildman–Crippen LogP) is 4.80. The summed E-state index contributed by atoms with van der Waals surface area (Å²) in [5, 5.41) is 0. The van der Waals surface area contributed by atoms with Gasteiger partial charge in [0.2, 0.25) is 0 Å². The van der Waals surface area contributed by atoms with Crippen LogP contribution in [0.15, 0.2) is 0 Å².